The zero-order valence-corrected chi connectivity index (χ0v) is 14.0. The Balaban J connectivity index is 2.32. The Morgan fingerprint density at radius 2 is 2.00 bits per heavy atom. The quantitative estimate of drug-likeness (QED) is 0.767. The lowest BCUT2D eigenvalue weighted by atomic mass is 9.90. The normalized spacial score (nSPS) is 18.5. The second kappa shape index (κ2) is 7.44. The number of fused-ring (bicyclic) bond motifs is 1. The van der Waals surface area contributed by atoms with Crippen LogP contribution in [0.3, 0.4) is 0 Å². The number of hydrogen-bond acceptors (Lipinski definition) is 5. The number of ether oxygens (including phenoxy) is 1. The molecule has 1 heterocycles. The maximum Gasteiger partial charge on any atom is 0.331 e. The molecule has 2 N–H and O–H groups in total. The molecule has 130 valence electrons. The van der Waals surface area contributed by atoms with E-state index in [-0.39, 0.29) is 19.1 Å². The smallest absolute Gasteiger partial charge is 0.331 e. The van der Waals surface area contributed by atoms with E-state index in [1.54, 1.807) is 30.0 Å². The molecule has 1 aromatic carbocycles. The van der Waals surface area contributed by atoms with Gasteiger partial charge >= 0.3 is 5.97 Å². The van der Waals surface area contributed by atoms with E-state index >= 15 is 0 Å². The first-order chi connectivity index (χ1) is 11.4. The van der Waals surface area contributed by atoms with Crippen molar-refractivity contribution in [1.82, 2.24) is 5.32 Å². The third kappa shape index (κ3) is 3.56. The zero-order valence-electron chi connectivity index (χ0n) is 14.0. The van der Waals surface area contributed by atoms with Crippen molar-refractivity contribution in [3.8, 4) is 0 Å². The number of rotatable bonds is 5. The number of carbonyl (C=O) groups is 3. The van der Waals surface area contributed by atoms with Crippen LogP contribution < -0.4 is 10.2 Å². The summed E-state index contributed by atoms with van der Waals surface area (Å²) in [6.07, 6.45) is -1.21. The number of nitrogens with zero attached hydrogens (tertiary/aromatic N) is 1. The Kier molecular flexibility index (Phi) is 5.56. The predicted octanol–water partition coefficient (Wildman–Crippen LogP) is 0.565. The van der Waals surface area contributed by atoms with Crippen molar-refractivity contribution in [2.75, 3.05) is 18.1 Å². The minimum atomic E-state index is -1.21. The molecule has 0 aliphatic carbocycles. The number of para-hydroxylation sites is 1. The molecule has 0 fully saturated rings. The van der Waals surface area contributed by atoms with Crippen LogP contribution in [0.4, 0.5) is 5.69 Å². The molecule has 0 bridgehead atoms. The van der Waals surface area contributed by atoms with Gasteiger partial charge in [-0.1, -0.05) is 18.2 Å². The van der Waals surface area contributed by atoms with E-state index < -0.39 is 29.9 Å². The van der Waals surface area contributed by atoms with Gasteiger partial charge in [0.15, 0.2) is 6.04 Å². The highest BCUT2D eigenvalue weighted by molar-refractivity contribution is 5.94. The van der Waals surface area contributed by atoms with Crippen LogP contribution in [-0.4, -0.2) is 48.2 Å². The molecule has 0 radical (unpaired) electrons. The molecule has 24 heavy (non-hydrogen) atoms. The second-order valence-corrected chi connectivity index (χ2v) is 5.72. The molecule has 1 aromatic rings. The van der Waals surface area contributed by atoms with Crippen LogP contribution in [0.25, 0.3) is 0 Å². The Labute approximate surface area is 140 Å². The Bertz CT molecular complexity index is 646. The van der Waals surface area contributed by atoms with Gasteiger partial charge in [0.25, 0.3) is 0 Å². The highest BCUT2D eigenvalue weighted by atomic mass is 16.5. The molecule has 0 aromatic heterocycles. The van der Waals surface area contributed by atoms with Crippen LogP contribution in [0, 0.1) is 0 Å². The molecule has 7 nitrogen and oxygen atoms in total. The van der Waals surface area contributed by atoms with Crippen molar-refractivity contribution < 1.29 is 24.2 Å². The monoisotopic (exact) mass is 334 g/mol. The number of hydrogen-bond donors (Lipinski definition) is 2. The van der Waals surface area contributed by atoms with Gasteiger partial charge in [-0.2, -0.15) is 0 Å². The molecule has 2 amide bonds. The van der Waals surface area contributed by atoms with Gasteiger partial charge in [-0.3, -0.25) is 9.59 Å². The van der Waals surface area contributed by atoms with Gasteiger partial charge in [-0.25, -0.2) is 4.79 Å². The fraction of sp³-hybridized carbons (Fsp3) is 0.471. The fourth-order valence-corrected chi connectivity index (χ4v) is 3.00. The van der Waals surface area contributed by atoms with E-state index in [0.29, 0.717) is 5.69 Å². The fourth-order valence-electron chi connectivity index (χ4n) is 3.00. The summed E-state index contributed by atoms with van der Waals surface area (Å²) in [7, 11) is 0. The maximum absolute atomic E-state index is 12.1. The number of amides is 2. The van der Waals surface area contributed by atoms with Crippen LogP contribution in [0.1, 0.15) is 32.3 Å². The van der Waals surface area contributed by atoms with E-state index in [1.807, 2.05) is 6.07 Å². The van der Waals surface area contributed by atoms with Gasteiger partial charge < -0.3 is 20.1 Å². The number of aliphatic hydroxyl groups is 1. The minimum absolute atomic E-state index is 0.141. The maximum atomic E-state index is 12.1. The van der Waals surface area contributed by atoms with E-state index in [2.05, 4.69) is 5.32 Å². The van der Waals surface area contributed by atoms with Gasteiger partial charge in [0.2, 0.25) is 11.8 Å². The van der Waals surface area contributed by atoms with Gasteiger partial charge in [0, 0.05) is 32.0 Å². The van der Waals surface area contributed by atoms with Gasteiger partial charge in [0.05, 0.1) is 12.7 Å². The van der Waals surface area contributed by atoms with Gasteiger partial charge in [0.1, 0.15) is 0 Å². The van der Waals surface area contributed by atoms with Gasteiger partial charge in [-0.15, -0.1) is 0 Å². The summed E-state index contributed by atoms with van der Waals surface area (Å²) >= 11 is 0. The average molecular weight is 334 g/mol. The van der Waals surface area contributed by atoms with Crippen LogP contribution in [0.2, 0.25) is 0 Å². The standard InChI is InChI=1S/C17H22N2O5/c1-4-24-17(23)15(18-10(2)20)16(22)13-9-19(11(3)21)14-8-6-5-7-12(13)14/h5-8,13,15-16,22H,4,9H2,1-3H3,(H,18,20). The zero-order chi connectivity index (χ0) is 17.9. The van der Waals surface area contributed by atoms with Crippen molar-refractivity contribution in [1.29, 1.82) is 0 Å². The van der Waals surface area contributed by atoms with Crippen LogP contribution in [-0.2, 0) is 19.1 Å². The number of anilines is 1. The average Bonchev–Trinajstić information content (AvgIpc) is 2.92. The number of benzene rings is 1. The molecule has 0 spiro atoms. The topological polar surface area (TPSA) is 95.9 Å². The molecule has 1 aliphatic rings. The van der Waals surface area contributed by atoms with E-state index in [0.717, 1.165) is 5.56 Å². The van der Waals surface area contributed by atoms with Gasteiger partial charge in [-0.05, 0) is 18.6 Å². The van der Waals surface area contributed by atoms with E-state index in [1.165, 1.54) is 13.8 Å². The number of aliphatic hydroxyl groups excluding tert-OH is 1. The summed E-state index contributed by atoms with van der Waals surface area (Å²) in [6.45, 7) is 4.75. The number of esters is 1. The lowest BCUT2D eigenvalue weighted by Crippen LogP contribution is -2.51. The predicted molar refractivity (Wildman–Crippen MR) is 87.5 cm³/mol. The molecule has 3 unspecified atom stereocenters. The molecular weight excluding hydrogens is 312 g/mol. The van der Waals surface area contributed by atoms with E-state index in [4.69, 9.17) is 4.74 Å². The molecule has 7 heteroatoms. The Morgan fingerprint density at radius 1 is 1.33 bits per heavy atom. The summed E-state index contributed by atoms with van der Waals surface area (Å²) < 4.78 is 4.95. The number of nitrogens with one attached hydrogen (secondary N) is 1. The molecule has 0 saturated carbocycles. The molecule has 3 atom stereocenters. The summed E-state index contributed by atoms with van der Waals surface area (Å²) in [6, 6.07) is 6.02. The largest absolute Gasteiger partial charge is 0.464 e. The highest BCUT2D eigenvalue weighted by Crippen LogP contribution is 2.38. The van der Waals surface area contributed by atoms with Crippen LogP contribution in [0.15, 0.2) is 24.3 Å². The summed E-state index contributed by atoms with van der Waals surface area (Å²) in [5, 5.41) is 13.2. The third-order valence-corrected chi connectivity index (χ3v) is 4.04. The minimum Gasteiger partial charge on any atom is -0.464 e. The van der Waals surface area contributed by atoms with Crippen molar-refractivity contribution in [2.45, 2.75) is 38.8 Å². The highest BCUT2D eigenvalue weighted by Gasteiger charge is 2.41. The van der Waals surface area contributed by atoms with Crippen molar-refractivity contribution in [3.05, 3.63) is 29.8 Å². The van der Waals surface area contributed by atoms with Crippen molar-refractivity contribution in [2.24, 2.45) is 0 Å². The third-order valence-electron chi connectivity index (χ3n) is 4.04. The first-order valence-corrected chi connectivity index (χ1v) is 7.85. The van der Waals surface area contributed by atoms with Crippen LogP contribution in [0.5, 0.6) is 0 Å². The molecule has 0 saturated heterocycles. The SMILES string of the molecule is CCOC(=O)C(NC(C)=O)C(O)C1CN(C(C)=O)c2ccccc21. The second-order valence-electron chi connectivity index (χ2n) is 5.72. The Hall–Kier alpha value is -2.41. The van der Waals surface area contributed by atoms with Crippen molar-refractivity contribution in [3.63, 3.8) is 0 Å². The molecular formula is C17H22N2O5. The summed E-state index contributed by atoms with van der Waals surface area (Å²) in [4.78, 5) is 36.9. The Morgan fingerprint density at radius 3 is 2.58 bits per heavy atom. The lowest BCUT2D eigenvalue weighted by molar-refractivity contribution is -0.151. The number of carbonyl (C=O) groups excluding carboxylic acids is 3. The lowest BCUT2D eigenvalue weighted by Gasteiger charge is -2.27. The first-order valence-electron chi connectivity index (χ1n) is 7.85. The summed E-state index contributed by atoms with van der Waals surface area (Å²) in [5.74, 6) is -1.78. The first kappa shape index (κ1) is 17.9. The summed E-state index contributed by atoms with van der Waals surface area (Å²) in [5.41, 5.74) is 1.47. The van der Waals surface area contributed by atoms with Crippen molar-refractivity contribution >= 4 is 23.5 Å². The molecule has 1 aliphatic heterocycles. The van der Waals surface area contributed by atoms with E-state index in [9.17, 15) is 19.5 Å². The molecule has 2 rings (SSSR count). The van der Waals surface area contributed by atoms with Crippen LogP contribution >= 0.6 is 0 Å².